The predicted octanol–water partition coefficient (Wildman–Crippen LogP) is 15.7. The van der Waals surface area contributed by atoms with E-state index in [1.54, 1.807) is 0 Å². The van der Waals surface area contributed by atoms with Gasteiger partial charge >= 0.3 is 0 Å². The highest BCUT2D eigenvalue weighted by molar-refractivity contribution is 6.11. The molecule has 0 aliphatic heterocycles. The zero-order valence-corrected chi connectivity index (χ0v) is 34.7. The molecule has 0 N–H and O–H groups in total. The van der Waals surface area contributed by atoms with Crippen LogP contribution < -0.4 is 0 Å². The molecule has 3 heterocycles. The van der Waals surface area contributed by atoms with Crippen molar-refractivity contribution in [2.75, 3.05) is 0 Å². The summed E-state index contributed by atoms with van der Waals surface area (Å²) in [6, 6.07) is 75.0. The number of furan rings is 1. The van der Waals surface area contributed by atoms with Crippen LogP contribution in [0.3, 0.4) is 0 Å². The molecule has 298 valence electrons. The molecule has 1 aliphatic carbocycles. The van der Waals surface area contributed by atoms with Crippen molar-refractivity contribution in [3.8, 4) is 78.5 Å². The SMILES string of the molecule is c1ccc(-c2ccc3oc4c(-c5cc(-c6ccc(-c7ccc(-c8nc9ccccc9c9c8Cc8ccccc8-9)cc7)c7ccccc67)nc(-c6ccccc6)n5)cccc4c3c2)cc1. The Hall–Kier alpha value is -8.47. The third kappa shape index (κ3) is 5.88. The zero-order valence-electron chi connectivity index (χ0n) is 34.7. The highest BCUT2D eigenvalue weighted by Crippen LogP contribution is 2.46. The van der Waals surface area contributed by atoms with Gasteiger partial charge in [0.2, 0.25) is 0 Å². The molecule has 0 unspecified atom stereocenters. The molecule has 0 saturated carbocycles. The molecule has 0 atom stereocenters. The molecule has 13 rings (SSSR count). The van der Waals surface area contributed by atoms with E-state index in [0.717, 1.165) is 101 Å². The number of pyridine rings is 1. The Morgan fingerprint density at radius 3 is 1.78 bits per heavy atom. The molecule has 4 heteroatoms. The number of hydrogen-bond donors (Lipinski definition) is 0. The average Bonchev–Trinajstić information content (AvgIpc) is 3.95. The Balaban J connectivity index is 0.925. The number of hydrogen-bond acceptors (Lipinski definition) is 4. The largest absolute Gasteiger partial charge is 0.455 e. The quantitative estimate of drug-likeness (QED) is 0.168. The average molecular weight is 816 g/mol. The van der Waals surface area contributed by atoms with E-state index in [1.165, 1.54) is 33.2 Å². The molecule has 0 bridgehead atoms. The monoisotopic (exact) mass is 815 g/mol. The van der Waals surface area contributed by atoms with Crippen LogP contribution in [0.2, 0.25) is 0 Å². The summed E-state index contributed by atoms with van der Waals surface area (Å²) in [5.74, 6) is 0.660. The van der Waals surface area contributed by atoms with Crippen molar-refractivity contribution >= 4 is 43.6 Å². The van der Waals surface area contributed by atoms with E-state index in [-0.39, 0.29) is 0 Å². The summed E-state index contributed by atoms with van der Waals surface area (Å²) in [6.07, 6.45) is 0.881. The standard InChI is InChI=1S/C60H37N3O/c1-3-14-37(15-4-1)41-30-33-56-51(34-41)48-23-13-24-50(59(48)64-56)55-36-54(62-60(63-55)40-16-5-2-6-17-40)47-32-31-43(45-20-9-10-21-46(45)47)38-26-28-39(29-27-38)58-52-35-42-18-7-8-19-44(42)57(52)49-22-11-12-25-53(49)61-58/h1-34,36H,35H2. The Kier molecular flexibility index (Phi) is 8.25. The van der Waals surface area contributed by atoms with Gasteiger partial charge in [0.1, 0.15) is 11.2 Å². The summed E-state index contributed by atoms with van der Waals surface area (Å²) in [6.45, 7) is 0. The highest BCUT2D eigenvalue weighted by Gasteiger charge is 2.26. The van der Waals surface area contributed by atoms with Crippen molar-refractivity contribution in [1.82, 2.24) is 15.0 Å². The van der Waals surface area contributed by atoms with Gasteiger partial charge in [0, 0.05) is 44.8 Å². The van der Waals surface area contributed by atoms with Gasteiger partial charge in [-0.2, -0.15) is 0 Å². The molecule has 9 aromatic carbocycles. The minimum atomic E-state index is 0.660. The molecule has 0 amide bonds. The van der Waals surface area contributed by atoms with E-state index in [1.807, 2.05) is 24.3 Å². The van der Waals surface area contributed by atoms with Crippen molar-refractivity contribution in [2.45, 2.75) is 6.42 Å². The first kappa shape index (κ1) is 36.2. The lowest BCUT2D eigenvalue weighted by Crippen LogP contribution is -1.97. The molecule has 0 spiro atoms. The van der Waals surface area contributed by atoms with Crippen molar-refractivity contribution in [1.29, 1.82) is 0 Å². The summed E-state index contributed by atoms with van der Waals surface area (Å²) < 4.78 is 6.68. The van der Waals surface area contributed by atoms with Gasteiger partial charge in [-0.3, -0.25) is 0 Å². The van der Waals surface area contributed by atoms with Crippen LogP contribution in [0.1, 0.15) is 11.1 Å². The van der Waals surface area contributed by atoms with Gasteiger partial charge in [0.15, 0.2) is 5.82 Å². The van der Waals surface area contributed by atoms with Crippen LogP contribution in [0.15, 0.2) is 217 Å². The first-order valence-corrected chi connectivity index (χ1v) is 21.8. The van der Waals surface area contributed by atoms with Crippen LogP contribution in [0.4, 0.5) is 0 Å². The normalized spacial score (nSPS) is 12.0. The first-order chi connectivity index (χ1) is 31.7. The van der Waals surface area contributed by atoms with E-state index in [9.17, 15) is 0 Å². The fourth-order valence-electron chi connectivity index (χ4n) is 9.91. The molecule has 64 heavy (non-hydrogen) atoms. The van der Waals surface area contributed by atoms with Gasteiger partial charge in [0.25, 0.3) is 0 Å². The number of para-hydroxylation sites is 2. The number of nitrogens with zero attached hydrogens (tertiary/aromatic N) is 3. The fraction of sp³-hybridized carbons (Fsp3) is 0.0167. The molecular formula is C60H37N3O. The zero-order chi connectivity index (χ0) is 42.1. The van der Waals surface area contributed by atoms with E-state index in [0.29, 0.717) is 5.82 Å². The Bertz CT molecular complexity index is 3800. The van der Waals surface area contributed by atoms with Gasteiger partial charge in [-0.15, -0.1) is 0 Å². The van der Waals surface area contributed by atoms with Crippen LogP contribution >= 0.6 is 0 Å². The summed E-state index contributed by atoms with van der Waals surface area (Å²) in [4.78, 5) is 15.8. The smallest absolute Gasteiger partial charge is 0.160 e. The minimum absolute atomic E-state index is 0.660. The third-order valence-corrected chi connectivity index (χ3v) is 13.0. The Morgan fingerprint density at radius 1 is 0.359 bits per heavy atom. The van der Waals surface area contributed by atoms with Gasteiger partial charge in [-0.1, -0.05) is 182 Å². The minimum Gasteiger partial charge on any atom is -0.455 e. The van der Waals surface area contributed by atoms with E-state index in [4.69, 9.17) is 19.4 Å². The summed E-state index contributed by atoms with van der Waals surface area (Å²) >= 11 is 0. The molecule has 4 nitrogen and oxygen atoms in total. The lowest BCUT2D eigenvalue weighted by Gasteiger charge is -2.15. The van der Waals surface area contributed by atoms with Gasteiger partial charge in [-0.05, 0) is 85.6 Å². The maximum absolute atomic E-state index is 6.68. The molecule has 0 saturated heterocycles. The van der Waals surface area contributed by atoms with Crippen molar-refractivity contribution in [3.05, 3.63) is 223 Å². The second-order valence-corrected chi connectivity index (χ2v) is 16.6. The van der Waals surface area contributed by atoms with Crippen LogP contribution in [-0.4, -0.2) is 15.0 Å². The predicted molar refractivity (Wildman–Crippen MR) is 263 cm³/mol. The summed E-state index contributed by atoms with van der Waals surface area (Å²) in [7, 11) is 0. The second-order valence-electron chi connectivity index (χ2n) is 16.6. The van der Waals surface area contributed by atoms with Gasteiger partial charge < -0.3 is 4.42 Å². The third-order valence-electron chi connectivity index (χ3n) is 13.0. The molecule has 3 aromatic heterocycles. The van der Waals surface area contributed by atoms with E-state index >= 15 is 0 Å². The van der Waals surface area contributed by atoms with E-state index in [2.05, 4.69) is 188 Å². The number of benzene rings is 9. The number of fused-ring (bicyclic) bond motifs is 9. The topological polar surface area (TPSA) is 51.8 Å². The Labute approximate surface area is 369 Å². The molecule has 0 radical (unpaired) electrons. The van der Waals surface area contributed by atoms with Gasteiger partial charge in [-0.25, -0.2) is 15.0 Å². The highest BCUT2D eigenvalue weighted by atomic mass is 16.3. The van der Waals surface area contributed by atoms with Gasteiger partial charge in [0.05, 0.1) is 22.6 Å². The molecular weight excluding hydrogens is 779 g/mol. The van der Waals surface area contributed by atoms with Crippen molar-refractivity contribution < 1.29 is 4.42 Å². The van der Waals surface area contributed by atoms with Crippen LogP contribution in [-0.2, 0) is 6.42 Å². The maximum atomic E-state index is 6.68. The fourth-order valence-corrected chi connectivity index (χ4v) is 9.91. The van der Waals surface area contributed by atoms with Crippen molar-refractivity contribution in [2.24, 2.45) is 0 Å². The van der Waals surface area contributed by atoms with Crippen LogP contribution in [0, 0.1) is 0 Å². The van der Waals surface area contributed by atoms with E-state index < -0.39 is 0 Å². The number of aromatic nitrogens is 3. The maximum Gasteiger partial charge on any atom is 0.160 e. The first-order valence-electron chi connectivity index (χ1n) is 21.8. The van der Waals surface area contributed by atoms with Crippen molar-refractivity contribution in [3.63, 3.8) is 0 Å². The summed E-state index contributed by atoms with van der Waals surface area (Å²) in [5, 5.41) is 5.62. The number of rotatable bonds is 6. The second kappa shape index (κ2) is 14.6. The lowest BCUT2D eigenvalue weighted by atomic mass is 9.92. The van der Waals surface area contributed by atoms with Crippen LogP contribution in [0.5, 0.6) is 0 Å². The lowest BCUT2D eigenvalue weighted by molar-refractivity contribution is 0.670. The molecule has 1 aliphatic rings. The molecule has 0 fully saturated rings. The Morgan fingerprint density at radius 2 is 0.969 bits per heavy atom. The molecule has 12 aromatic rings. The van der Waals surface area contributed by atoms with Crippen LogP contribution in [0.25, 0.3) is 122 Å². The summed E-state index contributed by atoms with van der Waals surface area (Å²) in [5.41, 5.74) is 19.3.